The van der Waals surface area contributed by atoms with Gasteiger partial charge in [0.15, 0.2) is 0 Å². The summed E-state index contributed by atoms with van der Waals surface area (Å²) in [5.74, 6) is -0.769. The number of hydrogen-bond donors (Lipinski definition) is 1. The molecule has 19 heavy (non-hydrogen) atoms. The summed E-state index contributed by atoms with van der Waals surface area (Å²) >= 11 is 0. The van der Waals surface area contributed by atoms with Crippen LogP contribution in [0.1, 0.15) is 17.5 Å². The molecular weight excluding hydrogens is 242 g/mol. The first-order chi connectivity index (χ1) is 9.20. The molecule has 1 aliphatic rings. The maximum absolute atomic E-state index is 11.0. The second kappa shape index (κ2) is 6.68. The van der Waals surface area contributed by atoms with E-state index in [0.29, 0.717) is 19.2 Å². The summed E-state index contributed by atoms with van der Waals surface area (Å²) in [6, 6.07) is 8.75. The number of carboxylic acids is 1. The fourth-order valence-corrected chi connectivity index (χ4v) is 2.76. The van der Waals surface area contributed by atoms with Crippen LogP contribution in [0.3, 0.4) is 0 Å². The van der Waals surface area contributed by atoms with Crippen LogP contribution in [0.2, 0.25) is 0 Å². The zero-order valence-electron chi connectivity index (χ0n) is 11.3. The van der Waals surface area contributed by atoms with Gasteiger partial charge >= 0.3 is 5.97 Å². The number of carbonyl (C=O) groups is 1. The van der Waals surface area contributed by atoms with E-state index in [9.17, 15) is 4.79 Å². The molecular formula is C15H21NO3. The first-order valence-corrected chi connectivity index (χ1v) is 6.72. The van der Waals surface area contributed by atoms with Crippen molar-refractivity contribution in [3.05, 3.63) is 35.4 Å². The molecule has 1 aliphatic carbocycles. The molecule has 0 aromatic heterocycles. The minimum Gasteiger partial charge on any atom is -0.480 e. The highest BCUT2D eigenvalue weighted by Crippen LogP contribution is 2.24. The van der Waals surface area contributed by atoms with Gasteiger partial charge < -0.3 is 9.84 Å². The molecule has 0 saturated carbocycles. The molecule has 1 unspecified atom stereocenters. The second-order valence-corrected chi connectivity index (χ2v) is 5.02. The normalized spacial score (nSPS) is 18.3. The molecule has 1 atom stereocenters. The van der Waals surface area contributed by atoms with Crippen LogP contribution in [0, 0.1) is 0 Å². The van der Waals surface area contributed by atoms with Gasteiger partial charge in [0.2, 0.25) is 0 Å². The number of ether oxygens (including phenoxy) is 1. The predicted octanol–water partition coefficient (Wildman–Crippen LogP) is 1.58. The van der Waals surface area contributed by atoms with E-state index in [1.807, 2.05) is 4.90 Å². The standard InChI is InChI=1S/C15H21NO3/c1-19-9-8-16(11-15(17)18)14-7-6-12-4-2-3-5-13(12)10-14/h2-5,14H,6-11H2,1H3,(H,17,18). The average molecular weight is 263 g/mol. The molecule has 4 nitrogen and oxygen atoms in total. The van der Waals surface area contributed by atoms with E-state index in [1.165, 1.54) is 11.1 Å². The Balaban J connectivity index is 2.04. The van der Waals surface area contributed by atoms with Gasteiger partial charge in [-0.15, -0.1) is 0 Å². The van der Waals surface area contributed by atoms with Crippen LogP contribution < -0.4 is 0 Å². The molecule has 1 aromatic rings. The molecule has 0 spiro atoms. The molecule has 4 heteroatoms. The van der Waals surface area contributed by atoms with Crippen molar-refractivity contribution in [1.29, 1.82) is 0 Å². The van der Waals surface area contributed by atoms with Gasteiger partial charge in [-0.05, 0) is 30.4 Å². The van der Waals surface area contributed by atoms with Crippen LogP contribution in [0.25, 0.3) is 0 Å². The van der Waals surface area contributed by atoms with Gasteiger partial charge in [-0.25, -0.2) is 0 Å². The molecule has 0 fully saturated rings. The SMILES string of the molecule is COCCN(CC(=O)O)C1CCc2ccccc2C1. The molecule has 0 amide bonds. The van der Waals surface area contributed by atoms with Crippen molar-refractivity contribution < 1.29 is 14.6 Å². The minimum atomic E-state index is -0.769. The van der Waals surface area contributed by atoms with Crippen molar-refractivity contribution in [3.63, 3.8) is 0 Å². The molecule has 0 aliphatic heterocycles. The fraction of sp³-hybridized carbons (Fsp3) is 0.533. The topological polar surface area (TPSA) is 49.8 Å². The van der Waals surface area contributed by atoms with Crippen LogP contribution >= 0.6 is 0 Å². The molecule has 0 saturated heterocycles. The first-order valence-electron chi connectivity index (χ1n) is 6.72. The number of rotatable bonds is 6. The highest BCUT2D eigenvalue weighted by atomic mass is 16.5. The van der Waals surface area contributed by atoms with Crippen molar-refractivity contribution in [2.24, 2.45) is 0 Å². The monoisotopic (exact) mass is 263 g/mol. The van der Waals surface area contributed by atoms with E-state index in [4.69, 9.17) is 9.84 Å². The molecule has 1 N–H and O–H groups in total. The van der Waals surface area contributed by atoms with Gasteiger partial charge in [0.1, 0.15) is 0 Å². The van der Waals surface area contributed by atoms with E-state index in [2.05, 4.69) is 24.3 Å². The van der Waals surface area contributed by atoms with Crippen molar-refractivity contribution >= 4 is 5.97 Å². The largest absolute Gasteiger partial charge is 0.480 e. The van der Waals surface area contributed by atoms with E-state index < -0.39 is 5.97 Å². The molecule has 0 radical (unpaired) electrons. The Morgan fingerprint density at radius 1 is 1.42 bits per heavy atom. The smallest absolute Gasteiger partial charge is 0.317 e. The van der Waals surface area contributed by atoms with E-state index in [-0.39, 0.29) is 6.54 Å². The van der Waals surface area contributed by atoms with Gasteiger partial charge in [-0.3, -0.25) is 9.69 Å². The lowest BCUT2D eigenvalue weighted by atomic mass is 9.87. The van der Waals surface area contributed by atoms with Crippen LogP contribution in [0.5, 0.6) is 0 Å². The quantitative estimate of drug-likeness (QED) is 0.846. The molecule has 1 aromatic carbocycles. The second-order valence-electron chi connectivity index (χ2n) is 5.02. The molecule has 0 bridgehead atoms. The zero-order chi connectivity index (χ0) is 13.7. The number of methoxy groups -OCH3 is 1. The highest BCUT2D eigenvalue weighted by Gasteiger charge is 2.25. The van der Waals surface area contributed by atoms with Crippen LogP contribution in [0.15, 0.2) is 24.3 Å². The van der Waals surface area contributed by atoms with Gasteiger partial charge in [-0.1, -0.05) is 24.3 Å². The van der Waals surface area contributed by atoms with E-state index >= 15 is 0 Å². The maximum atomic E-state index is 11.0. The van der Waals surface area contributed by atoms with Crippen molar-refractivity contribution in [2.75, 3.05) is 26.8 Å². The Kier molecular flexibility index (Phi) is 4.93. The summed E-state index contributed by atoms with van der Waals surface area (Å²) in [5, 5.41) is 9.03. The number of fused-ring (bicyclic) bond motifs is 1. The average Bonchev–Trinajstić information content (AvgIpc) is 2.42. The van der Waals surface area contributed by atoms with Crippen molar-refractivity contribution in [2.45, 2.75) is 25.3 Å². The third kappa shape index (κ3) is 3.78. The Bertz CT molecular complexity index is 433. The first kappa shape index (κ1) is 14.0. The number of carboxylic acid groups (broad SMARTS) is 1. The van der Waals surface area contributed by atoms with E-state index in [0.717, 1.165) is 19.3 Å². The lowest BCUT2D eigenvalue weighted by Crippen LogP contribution is -2.44. The molecule has 104 valence electrons. The third-order valence-electron chi connectivity index (χ3n) is 3.76. The highest BCUT2D eigenvalue weighted by molar-refractivity contribution is 5.69. The summed E-state index contributed by atoms with van der Waals surface area (Å²) in [6.45, 7) is 1.34. The van der Waals surface area contributed by atoms with Gasteiger partial charge in [0, 0.05) is 19.7 Å². The van der Waals surface area contributed by atoms with Crippen LogP contribution in [-0.4, -0.2) is 48.8 Å². The Labute approximate surface area is 114 Å². The summed E-state index contributed by atoms with van der Waals surface area (Å²) in [5.41, 5.74) is 2.76. The predicted molar refractivity (Wildman–Crippen MR) is 73.3 cm³/mol. The van der Waals surface area contributed by atoms with Gasteiger partial charge in [0.25, 0.3) is 0 Å². The maximum Gasteiger partial charge on any atom is 0.317 e. The molecule has 0 heterocycles. The zero-order valence-corrected chi connectivity index (χ0v) is 11.3. The number of benzene rings is 1. The van der Waals surface area contributed by atoms with Gasteiger partial charge in [-0.2, -0.15) is 0 Å². The summed E-state index contributed by atoms with van der Waals surface area (Å²) in [6.07, 6.45) is 2.99. The summed E-state index contributed by atoms with van der Waals surface area (Å²) in [7, 11) is 1.65. The third-order valence-corrected chi connectivity index (χ3v) is 3.76. The van der Waals surface area contributed by atoms with Crippen molar-refractivity contribution in [3.8, 4) is 0 Å². The Morgan fingerprint density at radius 2 is 2.16 bits per heavy atom. The lowest BCUT2D eigenvalue weighted by Gasteiger charge is -2.34. The van der Waals surface area contributed by atoms with E-state index in [1.54, 1.807) is 7.11 Å². The lowest BCUT2D eigenvalue weighted by molar-refractivity contribution is -0.139. The number of hydrogen-bond acceptors (Lipinski definition) is 3. The number of aryl methyl sites for hydroxylation is 1. The fourth-order valence-electron chi connectivity index (χ4n) is 2.76. The number of aliphatic carboxylic acids is 1. The van der Waals surface area contributed by atoms with Crippen LogP contribution in [0.4, 0.5) is 0 Å². The Hall–Kier alpha value is -1.39. The van der Waals surface area contributed by atoms with Crippen molar-refractivity contribution in [1.82, 2.24) is 4.90 Å². The number of nitrogens with zero attached hydrogens (tertiary/aromatic N) is 1. The van der Waals surface area contributed by atoms with Crippen LogP contribution in [-0.2, 0) is 22.4 Å². The van der Waals surface area contributed by atoms with Gasteiger partial charge in [0.05, 0.1) is 13.2 Å². The molecule has 2 rings (SSSR count). The minimum absolute atomic E-state index is 0.0934. The summed E-state index contributed by atoms with van der Waals surface area (Å²) < 4.78 is 5.08. The summed E-state index contributed by atoms with van der Waals surface area (Å²) in [4.78, 5) is 13.0. The Morgan fingerprint density at radius 3 is 2.84 bits per heavy atom.